The standard InChI is InChI=1S/C22H37N5.HI/c1-18(26(3)21-11-12-21)15-24-22(23-2)25-16-19-7-9-20(10-8-19)17-27-13-5-4-6-14-27;/h7-10,18,21H,4-6,11-17H2,1-3H3,(H2,23,24,25);1H. The summed E-state index contributed by atoms with van der Waals surface area (Å²) in [5.74, 6) is 0.878. The Hall–Kier alpha value is -0.860. The molecular weight excluding hydrogens is 461 g/mol. The number of likely N-dealkylation sites (N-methyl/N-ethyl adjacent to an activating group) is 1. The van der Waals surface area contributed by atoms with Gasteiger partial charge in [-0.1, -0.05) is 30.7 Å². The van der Waals surface area contributed by atoms with Crippen molar-refractivity contribution in [1.82, 2.24) is 20.4 Å². The summed E-state index contributed by atoms with van der Waals surface area (Å²) >= 11 is 0. The van der Waals surface area contributed by atoms with Gasteiger partial charge in [0.15, 0.2) is 5.96 Å². The minimum atomic E-state index is 0. The zero-order valence-electron chi connectivity index (χ0n) is 17.8. The second-order valence-corrected chi connectivity index (χ2v) is 8.21. The van der Waals surface area contributed by atoms with Crippen LogP contribution in [0, 0.1) is 0 Å². The number of guanidine groups is 1. The Morgan fingerprint density at radius 2 is 1.75 bits per heavy atom. The van der Waals surface area contributed by atoms with Gasteiger partial charge < -0.3 is 10.6 Å². The second-order valence-electron chi connectivity index (χ2n) is 8.21. The number of benzene rings is 1. The van der Waals surface area contributed by atoms with E-state index in [4.69, 9.17) is 0 Å². The van der Waals surface area contributed by atoms with E-state index in [1.165, 1.54) is 56.3 Å². The molecule has 1 aromatic carbocycles. The molecule has 0 radical (unpaired) electrons. The number of rotatable bonds is 8. The van der Waals surface area contributed by atoms with Gasteiger partial charge in [-0.05, 0) is 63.9 Å². The third-order valence-corrected chi connectivity index (χ3v) is 5.94. The third-order valence-electron chi connectivity index (χ3n) is 5.94. The molecular formula is C22H38IN5. The molecule has 1 unspecified atom stereocenters. The molecule has 0 aromatic heterocycles. The first-order valence-corrected chi connectivity index (χ1v) is 10.6. The van der Waals surface area contributed by atoms with E-state index >= 15 is 0 Å². The van der Waals surface area contributed by atoms with E-state index in [2.05, 4.69) is 63.7 Å². The molecule has 3 rings (SSSR count). The van der Waals surface area contributed by atoms with E-state index in [1.807, 2.05) is 7.05 Å². The van der Waals surface area contributed by atoms with E-state index < -0.39 is 0 Å². The molecule has 1 aliphatic carbocycles. The topological polar surface area (TPSA) is 42.9 Å². The Morgan fingerprint density at radius 1 is 1.11 bits per heavy atom. The molecule has 1 saturated heterocycles. The molecule has 1 atom stereocenters. The van der Waals surface area contributed by atoms with Gasteiger partial charge >= 0.3 is 0 Å². The molecule has 158 valence electrons. The van der Waals surface area contributed by atoms with Gasteiger partial charge in [0.2, 0.25) is 0 Å². The highest BCUT2D eigenvalue weighted by Crippen LogP contribution is 2.26. The van der Waals surface area contributed by atoms with Crippen LogP contribution in [0.3, 0.4) is 0 Å². The maximum atomic E-state index is 4.36. The Labute approximate surface area is 188 Å². The van der Waals surface area contributed by atoms with E-state index in [9.17, 15) is 0 Å². The Balaban J connectivity index is 0.00000280. The molecule has 0 spiro atoms. The number of hydrogen-bond acceptors (Lipinski definition) is 3. The highest BCUT2D eigenvalue weighted by atomic mass is 127. The minimum absolute atomic E-state index is 0. The molecule has 2 aliphatic rings. The lowest BCUT2D eigenvalue weighted by atomic mass is 10.1. The van der Waals surface area contributed by atoms with Crippen LogP contribution in [-0.4, -0.2) is 61.6 Å². The van der Waals surface area contributed by atoms with Crippen molar-refractivity contribution >= 4 is 29.9 Å². The van der Waals surface area contributed by atoms with Crippen molar-refractivity contribution in [2.24, 2.45) is 4.99 Å². The van der Waals surface area contributed by atoms with Gasteiger partial charge in [0.05, 0.1) is 0 Å². The summed E-state index contributed by atoms with van der Waals surface area (Å²) in [4.78, 5) is 9.40. The zero-order valence-corrected chi connectivity index (χ0v) is 20.1. The van der Waals surface area contributed by atoms with Gasteiger partial charge in [-0.2, -0.15) is 0 Å². The highest BCUT2D eigenvalue weighted by molar-refractivity contribution is 14.0. The molecule has 0 bridgehead atoms. The lowest BCUT2D eigenvalue weighted by Crippen LogP contribution is -2.45. The summed E-state index contributed by atoms with van der Waals surface area (Å²) in [5.41, 5.74) is 2.71. The smallest absolute Gasteiger partial charge is 0.191 e. The fourth-order valence-electron chi connectivity index (χ4n) is 3.77. The first-order chi connectivity index (χ1) is 13.2. The number of piperidine rings is 1. The van der Waals surface area contributed by atoms with Crippen LogP contribution in [0.1, 0.15) is 50.2 Å². The summed E-state index contributed by atoms with van der Waals surface area (Å²) in [6.07, 6.45) is 6.79. The predicted molar refractivity (Wildman–Crippen MR) is 129 cm³/mol. The van der Waals surface area contributed by atoms with Gasteiger partial charge in [0.25, 0.3) is 0 Å². The molecule has 1 saturated carbocycles. The van der Waals surface area contributed by atoms with Gasteiger partial charge in [0.1, 0.15) is 0 Å². The maximum absolute atomic E-state index is 4.36. The number of likely N-dealkylation sites (tertiary alicyclic amines) is 1. The molecule has 0 amide bonds. The quantitative estimate of drug-likeness (QED) is 0.327. The summed E-state index contributed by atoms with van der Waals surface area (Å²) in [5, 5.41) is 6.89. The lowest BCUT2D eigenvalue weighted by Gasteiger charge is -2.26. The van der Waals surface area contributed by atoms with Crippen LogP contribution in [0.4, 0.5) is 0 Å². The van der Waals surface area contributed by atoms with Gasteiger partial charge in [-0.3, -0.25) is 14.8 Å². The lowest BCUT2D eigenvalue weighted by molar-refractivity contribution is 0.221. The molecule has 1 heterocycles. The van der Waals surface area contributed by atoms with Crippen LogP contribution in [0.15, 0.2) is 29.3 Å². The molecule has 1 aliphatic heterocycles. The van der Waals surface area contributed by atoms with Crippen molar-refractivity contribution in [2.45, 2.75) is 64.2 Å². The fraction of sp³-hybridized carbons (Fsp3) is 0.682. The molecule has 2 N–H and O–H groups in total. The molecule has 28 heavy (non-hydrogen) atoms. The zero-order chi connectivity index (χ0) is 19.1. The van der Waals surface area contributed by atoms with Crippen molar-refractivity contribution in [3.8, 4) is 0 Å². The average molecular weight is 499 g/mol. The van der Waals surface area contributed by atoms with E-state index in [1.54, 1.807) is 0 Å². The SMILES string of the molecule is CN=C(NCc1ccc(CN2CCCCC2)cc1)NCC(C)N(C)C1CC1.I. The van der Waals surface area contributed by atoms with E-state index in [0.717, 1.165) is 31.6 Å². The average Bonchev–Trinajstić information content (AvgIpc) is 3.54. The third kappa shape index (κ3) is 7.52. The molecule has 1 aromatic rings. The van der Waals surface area contributed by atoms with Crippen molar-refractivity contribution in [3.63, 3.8) is 0 Å². The fourth-order valence-corrected chi connectivity index (χ4v) is 3.77. The maximum Gasteiger partial charge on any atom is 0.191 e. The van der Waals surface area contributed by atoms with Crippen LogP contribution in [-0.2, 0) is 13.1 Å². The summed E-state index contributed by atoms with van der Waals surface area (Å²) in [6, 6.07) is 10.3. The summed E-state index contributed by atoms with van der Waals surface area (Å²) in [6.45, 7) is 7.58. The minimum Gasteiger partial charge on any atom is -0.355 e. The van der Waals surface area contributed by atoms with Crippen molar-refractivity contribution in [3.05, 3.63) is 35.4 Å². The van der Waals surface area contributed by atoms with Gasteiger partial charge in [-0.15, -0.1) is 24.0 Å². The largest absolute Gasteiger partial charge is 0.355 e. The second kappa shape index (κ2) is 12.0. The predicted octanol–water partition coefficient (Wildman–Crippen LogP) is 3.44. The van der Waals surface area contributed by atoms with Gasteiger partial charge in [-0.25, -0.2) is 0 Å². The van der Waals surface area contributed by atoms with Crippen LogP contribution in [0.25, 0.3) is 0 Å². The first kappa shape index (κ1) is 23.4. The highest BCUT2D eigenvalue weighted by Gasteiger charge is 2.28. The number of nitrogens with one attached hydrogen (secondary N) is 2. The van der Waals surface area contributed by atoms with Crippen LogP contribution >= 0.6 is 24.0 Å². The summed E-state index contributed by atoms with van der Waals surface area (Å²) < 4.78 is 0. The number of nitrogens with zero attached hydrogens (tertiary/aromatic N) is 3. The Bertz CT molecular complexity index is 593. The van der Waals surface area contributed by atoms with E-state index in [-0.39, 0.29) is 24.0 Å². The first-order valence-electron chi connectivity index (χ1n) is 10.6. The van der Waals surface area contributed by atoms with Crippen molar-refractivity contribution < 1.29 is 0 Å². The van der Waals surface area contributed by atoms with Crippen LogP contribution < -0.4 is 10.6 Å². The van der Waals surface area contributed by atoms with E-state index in [0.29, 0.717) is 6.04 Å². The monoisotopic (exact) mass is 499 g/mol. The van der Waals surface area contributed by atoms with Crippen molar-refractivity contribution in [1.29, 1.82) is 0 Å². The molecule has 5 nitrogen and oxygen atoms in total. The van der Waals surface area contributed by atoms with Gasteiger partial charge in [0, 0.05) is 38.8 Å². The van der Waals surface area contributed by atoms with Crippen LogP contribution in [0.5, 0.6) is 0 Å². The van der Waals surface area contributed by atoms with Crippen LogP contribution in [0.2, 0.25) is 0 Å². The Morgan fingerprint density at radius 3 is 2.36 bits per heavy atom. The normalized spacial score (nSPS) is 19.2. The number of halogens is 1. The molecule has 6 heteroatoms. The molecule has 2 fully saturated rings. The van der Waals surface area contributed by atoms with Crippen molar-refractivity contribution in [2.75, 3.05) is 33.7 Å². The number of aliphatic imine (C=N–C) groups is 1. The Kier molecular flexibility index (Phi) is 10.0. The number of hydrogen-bond donors (Lipinski definition) is 2. The summed E-state index contributed by atoms with van der Waals surface area (Å²) in [7, 11) is 4.07.